The number of anilines is 1. The van der Waals surface area contributed by atoms with Crippen molar-refractivity contribution >= 4 is 11.8 Å². The lowest BCUT2D eigenvalue weighted by atomic mass is 9.87. The van der Waals surface area contributed by atoms with Crippen LogP contribution >= 0.6 is 0 Å². The summed E-state index contributed by atoms with van der Waals surface area (Å²) in [6.45, 7) is 5.58. The summed E-state index contributed by atoms with van der Waals surface area (Å²) in [4.78, 5) is 11.9. The second-order valence-electron chi connectivity index (χ2n) is 6.05. The summed E-state index contributed by atoms with van der Waals surface area (Å²) in [5.74, 6) is 0. The second-order valence-corrected chi connectivity index (χ2v) is 6.05. The van der Waals surface area contributed by atoms with Gasteiger partial charge >= 0.3 is 6.09 Å². The number of hydrogen-bond acceptors (Lipinski definition) is 3. The number of nitrogens with two attached hydrogens (primary N) is 1. The minimum atomic E-state index is -0.475. The van der Waals surface area contributed by atoms with Crippen molar-refractivity contribution in [2.75, 3.05) is 5.73 Å². The number of fused-ring (bicyclic) bond motifs is 1. The number of carbonyl (C=O) groups excluding carboxylic acids is 1. The van der Waals surface area contributed by atoms with Gasteiger partial charge in [-0.25, -0.2) is 4.79 Å². The molecule has 0 heterocycles. The lowest BCUT2D eigenvalue weighted by Gasteiger charge is -2.28. The van der Waals surface area contributed by atoms with Gasteiger partial charge in [-0.3, -0.25) is 0 Å². The summed E-state index contributed by atoms with van der Waals surface area (Å²) in [5, 5.41) is 2.94. The molecule has 1 aromatic rings. The Morgan fingerprint density at radius 3 is 2.84 bits per heavy atom. The Morgan fingerprint density at radius 1 is 1.42 bits per heavy atom. The molecule has 0 aromatic heterocycles. The summed E-state index contributed by atoms with van der Waals surface area (Å²) in [5.41, 5.74) is 8.48. The van der Waals surface area contributed by atoms with E-state index in [1.165, 1.54) is 5.56 Å². The van der Waals surface area contributed by atoms with Crippen molar-refractivity contribution < 1.29 is 9.53 Å². The van der Waals surface area contributed by atoms with E-state index < -0.39 is 5.60 Å². The Kier molecular flexibility index (Phi) is 3.69. The Hall–Kier alpha value is -1.71. The first kappa shape index (κ1) is 13.7. The van der Waals surface area contributed by atoms with Crippen molar-refractivity contribution in [3.63, 3.8) is 0 Å². The van der Waals surface area contributed by atoms with Crippen LogP contribution in [0.4, 0.5) is 10.5 Å². The lowest BCUT2D eigenvalue weighted by Crippen LogP contribution is -2.36. The number of carbonyl (C=O) groups is 1. The largest absolute Gasteiger partial charge is 0.444 e. The normalized spacial score (nSPS) is 18.6. The number of nitrogen functional groups attached to an aromatic ring is 1. The molecule has 0 aliphatic heterocycles. The Morgan fingerprint density at radius 2 is 2.16 bits per heavy atom. The molecule has 4 heteroatoms. The highest BCUT2D eigenvalue weighted by Gasteiger charge is 2.24. The van der Waals surface area contributed by atoms with Crippen molar-refractivity contribution in [2.45, 2.75) is 51.7 Å². The number of rotatable bonds is 1. The van der Waals surface area contributed by atoms with E-state index in [1.54, 1.807) is 0 Å². The van der Waals surface area contributed by atoms with Crippen LogP contribution < -0.4 is 11.1 Å². The zero-order valence-electron chi connectivity index (χ0n) is 11.8. The van der Waals surface area contributed by atoms with E-state index in [4.69, 9.17) is 10.5 Å². The van der Waals surface area contributed by atoms with Crippen LogP contribution in [-0.4, -0.2) is 11.7 Å². The Bertz CT molecular complexity index is 478. The first-order valence-electron chi connectivity index (χ1n) is 6.73. The van der Waals surface area contributed by atoms with Crippen LogP contribution in [0.5, 0.6) is 0 Å². The molecular weight excluding hydrogens is 240 g/mol. The molecule has 1 aliphatic carbocycles. The molecule has 104 valence electrons. The SMILES string of the molecule is CC(C)(C)OC(=O)NC1CCCc2ccc(N)cc21. The maximum absolute atomic E-state index is 11.9. The molecule has 1 aliphatic rings. The monoisotopic (exact) mass is 262 g/mol. The quantitative estimate of drug-likeness (QED) is 0.764. The van der Waals surface area contributed by atoms with Crippen LogP contribution in [-0.2, 0) is 11.2 Å². The van der Waals surface area contributed by atoms with Crippen LogP contribution in [0.1, 0.15) is 50.8 Å². The maximum Gasteiger partial charge on any atom is 0.408 e. The zero-order valence-corrected chi connectivity index (χ0v) is 11.8. The third kappa shape index (κ3) is 3.63. The fraction of sp³-hybridized carbons (Fsp3) is 0.533. The van der Waals surface area contributed by atoms with Gasteiger partial charge in [0.25, 0.3) is 0 Å². The van der Waals surface area contributed by atoms with E-state index in [1.807, 2.05) is 39.0 Å². The van der Waals surface area contributed by atoms with E-state index >= 15 is 0 Å². The van der Waals surface area contributed by atoms with Crippen molar-refractivity contribution in [3.05, 3.63) is 29.3 Å². The summed E-state index contributed by atoms with van der Waals surface area (Å²) in [7, 11) is 0. The molecule has 0 saturated carbocycles. The fourth-order valence-corrected chi connectivity index (χ4v) is 2.42. The molecule has 19 heavy (non-hydrogen) atoms. The number of aryl methyl sites for hydroxylation is 1. The standard InChI is InChI=1S/C15H22N2O2/c1-15(2,3)19-14(18)17-13-6-4-5-10-7-8-11(16)9-12(10)13/h7-9,13H,4-6,16H2,1-3H3,(H,17,18). The number of benzene rings is 1. The molecule has 1 atom stereocenters. The number of amides is 1. The van der Waals surface area contributed by atoms with Gasteiger partial charge in [0.05, 0.1) is 6.04 Å². The van der Waals surface area contributed by atoms with Crippen LogP contribution in [0.2, 0.25) is 0 Å². The van der Waals surface area contributed by atoms with Gasteiger partial charge in [0, 0.05) is 5.69 Å². The first-order valence-corrected chi connectivity index (χ1v) is 6.73. The lowest BCUT2D eigenvalue weighted by molar-refractivity contribution is 0.0498. The average Bonchev–Trinajstić information content (AvgIpc) is 2.27. The number of alkyl carbamates (subject to hydrolysis) is 1. The molecule has 0 bridgehead atoms. The zero-order chi connectivity index (χ0) is 14.0. The van der Waals surface area contributed by atoms with Gasteiger partial charge < -0.3 is 15.8 Å². The molecule has 0 radical (unpaired) electrons. The number of nitrogens with one attached hydrogen (secondary N) is 1. The highest BCUT2D eigenvalue weighted by molar-refractivity contribution is 5.68. The topological polar surface area (TPSA) is 64.3 Å². The van der Waals surface area contributed by atoms with E-state index in [9.17, 15) is 4.79 Å². The van der Waals surface area contributed by atoms with Gasteiger partial charge in [-0.2, -0.15) is 0 Å². The van der Waals surface area contributed by atoms with Gasteiger partial charge in [-0.1, -0.05) is 6.07 Å². The predicted octanol–water partition coefficient (Wildman–Crippen LogP) is 3.17. The summed E-state index contributed by atoms with van der Waals surface area (Å²) >= 11 is 0. The predicted molar refractivity (Wildman–Crippen MR) is 75.9 cm³/mol. The van der Waals surface area contributed by atoms with Crippen LogP contribution in [0.25, 0.3) is 0 Å². The molecule has 0 spiro atoms. The van der Waals surface area contributed by atoms with Gasteiger partial charge in [0.1, 0.15) is 5.60 Å². The maximum atomic E-state index is 11.9. The third-order valence-electron chi connectivity index (χ3n) is 3.18. The molecule has 1 amide bonds. The van der Waals surface area contributed by atoms with E-state index in [-0.39, 0.29) is 12.1 Å². The van der Waals surface area contributed by atoms with Crippen molar-refractivity contribution in [1.29, 1.82) is 0 Å². The second kappa shape index (κ2) is 5.11. The van der Waals surface area contributed by atoms with E-state index in [0.717, 1.165) is 30.5 Å². The number of ether oxygens (including phenoxy) is 1. The fourth-order valence-electron chi connectivity index (χ4n) is 2.42. The Labute approximate surface area is 114 Å². The highest BCUT2D eigenvalue weighted by atomic mass is 16.6. The first-order chi connectivity index (χ1) is 8.85. The molecule has 0 saturated heterocycles. The van der Waals surface area contributed by atoms with Crippen LogP contribution in [0.15, 0.2) is 18.2 Å². The van der Waals surface area contributed by atoms with Gasteiger partial charge in [-0.05, 0) is 63.3 Å². The summed E-state index contributed by atoms with van der Waals surface area (Å²) in [6.07, 6.45) is 2.67. The number of hydrogen-bond donors (Lipinski definition) is 2. The van der Waals surface area contributed by atoms with Crippen molar-refractivity contribution in [2.24, 2.45) is 0 Å². The van der Waals surface area contributed by atoms with Gasteiger partial charge in [0.2, 0.25) is 0 Å². The Balaban J connectivity index is 2.11. The van der Waals surface area contributed by atoms with Crippen LogP contribution in [0, 0.1) is 0 Å². The van der Waals surface area contributed by atoms with Gasteiger partial charge in [-0.15, -0.1) is 0 Å². The van der Waals surface area contributed by atoms with Crippen LogP contribution in [0.3, 0.4) is 0 Å². The average molecular weight is 262 g/mol. The smallest absolute Gasteiger partial charge is 0.408 e. The molecule has 3 N–H and O–H groups in total. The molecule has 0 fully saturated rings. The minimum absolute atomic E-state index is 0.00194. The molecule has 2 rings (SSSR count). The van der Waals surface area contributed by atoms with Crippen molar-refractivity contribution in [1.82, 2.24) is 5.32 Å². The van der Waals surface area contributed by atoms with Gasteiger partial charge in [0.15, 0.2) is 0 Å². The minimum Gasteiger partial charge on any atom is -0.444 e. The van der Waals surface area contributed by atoms with E-state index in [2.05, 4.69) is 5.32 Å². The third-order valence-corrected chi connectivity index (χ3v) is 3.18. The molecule has 4 nitrogen and oxygen atoms in total. The van der Waals surface area contributed by atoms with E-state index in [0.29, 0.717) is 0 Å². The molecule has 1 aromatic carbocycles. The summed E-state index contributed by atoms with van der Waals surface area (Å²) in [6, 6.07) is 5.92. The molecule has 1 unspecified atom stereocenters. The summed E-state index contributed by atoms with van der Waals surface area (Å²) < 4.78 is 5.30. The highest BCUT2D eigenvalue weighted by Crippen LogP contribution is 2.31. The molecular formula is C15H22N2O2. The van der Waals surface area contributed by atoms with Crippen molar-refractivity contribution in [3.8, 4) is 0 Å².